The lowest BCUT2D eigenvalue weighted by Crippen LogP contribution is -2.37. The Bertz CT molecular complexity index is 1220. The molecule has 41 heavy (non-hydrogen) atoms. The number of benzene rings is 2. The van der Waals surface area contributed by atoms with Crippen LogP contribution < -0.4 is 16.2 Å². The molecule has 12 heteroatoms. The molecule has 0 spiro atoms. The average Bonchev–Trinajstić information content (AvgIpc) is 2.88. The van der Waals surface area contributed by atoms with E-state index in [2.05, 4.69) is 0 Å². The van der Waals surface area contributed by atoms with E-state index < -0.39 is 36.6 Å². The first-order valence-corrected chi connectivity index (χ1v) is 13.2. The molecule has 224 valence electrons. The summed E-state index contributed by atoms with van der Waals surface area (Å²) in [6.07, 6.45) is -4.23. The number of hydrogen-bond acceptors (Lipinski definition) is 6. The summed E-state index contributed by atoms with van der Waals surface area (Å²) in [5.74, 6) is -2.97. The number of esters is 1. The van der Waals surface area contributed by atoms with Crippen LogP contribution in [0.5, 0.6) is 5.75 Å². The molecule has 0 aromatic heterocycles. The Morgan fingerprint density at radius 3 is 2.27 bits per heavy atom. The number of rotatable bonds is 12. The van der Waals surface area contributed by atoms with Crippen molar-refractivity contribution in [3.8, 4) is 5.75 Å². The molecule has 1 aliphatic carbocycles. The molecule has 1 fully saturated rings. The van der Waals surface area contributed by atoms with Crippen LogP contribution in [0.25, 0.3) is 6.08 Å². The number of nitrogen functional groups attached to an aromatic ring is 2. The first-order chi connectivity index (χ1) is 19.2. The van der Waals surface area contributed by atoms with E-state index in [0.717, 1.165) is 6.08 Å². The van der Waals surface area contributed by atoms with E-state index in [-0.39, 0.29) is 60.9 Å². The fourth-order valence-electron chi connectivity index (χ4n) is 4.92. The van der Waals surface area contributed by atoms with Crippen LogP contribution in [0.1, 0.15) is 66.4 Å². The zero-order valence-electron chi connectivity index (χ0n) is 22.3. The Morgan fingerprint density at radius 1 is 1.00 bits per heavy atom. The number of carboxylic acids is 1. The number of halogens is 5. The highest BCUT2D eigenvalue weighted by Crippen LogP contribution is 2.41. The van der Waals surface area contributed by atoms with E-state index in [1.165, 1.54) is 42.5 Å². The first kappa shape index (κ1) is 31.7. The molecular weight excluding hydrogens is 551 g/mol. The zero-order chi connectivity index (χ0) is 30.2. The van der Waals surface area contributed by atoms with Crippen molar-refractivity contribution < 1.29 is 46.1 Å². The van der Waals surface area contributed by atoms with E-state index in [4.69, 9.17) is 20.9 Å². The van der Waals surface area contributed by atoms with Gasteiger partial charge < -0.3 is 26.0 Å². The van der Waals surface area contributed by atoms with Gasteiger partial charge in [-0.1, -0.05) is 18.6 Å². The number of carbonyl (C=O) groups is 2. The molecule has 0 atom stereocenters. The molecule has 1 saturated carbocycles. The lowest BCUT2D eigenvalue weighted by molar-refractivity contribution is -0.223. The summed E-state index contributed by atoms with van der Waals surface area (Å²) in [7, 11) is 0. The molecule has 5 N–H and O–H groups in total. The molecule has 3 rings (SSSR count). The second-order valence-electron chi connectivity index (χ2n) is 10.2. The third-order valence-corrected chi connectivity index (χ3v) is 7.07. The van der Waals surface area contributed by atoms with E-state index >= 15 is 0 Å². The number of anilines is 2. The standard InChI is InChI=1S/C29H33F5N2O5/c30-28(31,32)14-1-2-18-3-8-20(9-4-18)29(33,34)41-22-10-5-19(6-11-22)7-12-26(37)40-15-13-23-24(27(38)39)16-21(35)17-25(23)36/h5-7,10-12,16-18,20H,1-4,8-9,13-15,35-36H2,(H,38,39). The summed E-state index contributed by atoms with van der Waals surface area (Å²) < 4.78 is 76.5. The van der Waals surface area contributed by atoms with Crippen LogP contribution in [-0.4, -0.2) is 35.9 Å². The molecule has 0 saturated heterocycles. The second-order valence-corrected chi connectivity index (χ2v) is 10.2. The van der Waals surface area contributed by atoms with Gasteiger partial charge in [0.05, 0.1) is 18.1 Å². The smallest absolute Gasteiger partial charge is 0.400 e. The van der Waals surface area contributed by atoms with Gasteiger partial charge in [-0.2, -0.15) is 22.0 Å². The Labute approximate surface area is 234 Å². The second kappa shape index (κ2) is 13.7. The van der Waals surface area contributed by atoms with Gasteiger partial charge in [-0.25, -0.2) is 9.59 Å². The molecule has 2 aromatic rings. The molecule has 2 aromatic carbocycles. The average molecular weight is 585 g/mol. The third kappa shape index (κ3) is 9.94. The van der Waals surface area contributed by atoms with Crippen molar-refractivity contribution in [2.75, 3.05) is 18.1 Å². The van der Waals surface area contributed by atoms with Crippen LogP contribution in [0, 0.1) is 11.8 Å². The van der Waals surface area contributed by atoms with Crippen LogP contribution in [0.15, 0.2) is 42.5 Å². The van der Waals surface area contributed by atoms with Crippen LogP contribution in [0.4, 0.5) is 33.3 Å². The maximum atomic E-state index is 14.7. The van der Waals surface area contributed by atoms with Gasteiger partial charge in [-0.3, -0.25) is 0 Å². The Hall–Kier alpha value is -3.83. The normalized spacial score (nSPS) is 17.9. The molecule has 0 heterocycles. The Morgan fingerprint density at radius 2 is 1.66 bits per heavy atom. The summed E-state index contributed by atoms with van der Waals surface area (Å²) in [6.45, 7) is -0.130. The predicted molar refractivity (Wildman–Crippen MR) is 143 cm³/mol. The van der Waals surface area contributed by atoms with Gasteiger partial charge in [-0.15, -0.1) is 0 Å². The van der Waals surface area contributed by atoms with Crippen molar-refractivity contribution in [3.05, 3.63) is 59.2 Å². The minimum absolute atomic E-state index is 0.0105. The van der Waals surface area contributed by atoms with Crippen LogP contribution >= 0.6 is 0 Å². The molecule has 0 unspecified atom stereocenters. The van der Waals surface area contributed by atoms with E-state index in [9.17, 15) is 36.6 Å². The number of alkyl halides is 5. The summed E-state index contributed by atoms with van der Waals surface area (Å²) in [5.41, 5.74) is 12.6. The lowest BCUT2D eigenvalue weighted by Gasteiger charge is -2.33. The van der Waals surface area contributed by atoms with Crippen molar-refractivity contribution in [3.63, 3.8) is 0 Å². The van der Waals surface area contributed by atoms with Crippen molar-refractivity contribution in [2.24, 2.45) is 11.8 Å². The maximum absolute atomic E-state index is 14.7. The molecule has 0 bridgehead atoms. The first-order valence-electron chi connectivity index (χ1n) is 13.2. The fraction of sp³-hybridized carbons (Fsp3) is 0.448. The van der Waals surface area contributed by atoms with Crippen LogP contribution in [0.3, 0.4) is 0 Å². The number of carbonyl (C=O) groups excluding carboxylic acids is 1. The van der Waals surface area contributed by atoms with Gasteiger partial charge in [0.2, 0.25) is 0 Å². The van der Waals surface area contributed by atoms with Gasteiger partial charge in [-0.05, 0) is 79.5 Å². The van der Waals surface area contributed by atoms with Crippen molar-refractivity contribution in [1.29, 1.82) is 0 Å². The molecule has 0 aliphatic heterocycles. The van der Waals surface area contributed by atoms with Gasteiger partial charge in [0.25, 0.3) is 0 Å². The van der Waals surface area contributed by atoms with Crippen molar-refractivity contribution in [1.82, 2.24) is 0 Å². The number of nitrogens with two attached hydrogens (primary N) is 2. The van der Waals surface area contributed by atoms with E-state index in [1.807, 2.05) is 0 Å². The van der Waals surface area contributed by atoms with Crippen molar-refractivity contribution in [2.45, 2.75) is 63.7 Å². The lowest BCUT2D eigenvalue weighted by atomic mass is 9.79. The van der Waals surface area contributed by atoms with Gasteiger partial charge in [0, 0.05) is 30.3 Å². The highest BCUT2D eigenvalue weighted by molar-refractivity contribution is 5.92. The largest absolute Gasteiger partial charge is 0.478 e. The van der Waals surface area contributed by atoms with Gasteiger partial charge in [0.1, 0.15) is 5.75 Å². The molecule has 0 radical (unpaired) electrons. The highest BCUT2D eigenvalue weighted by Gasteiger charge is 2.44. The predicted octanol–water partition coefficient (Wildman–Crippen LogP) is 6.86. The van der Waals surface area contributed by atoms with E-state index in [0.29, 0.717) is 30.4 Å². The molecular formula is C29H33F5N2O5. The van der Waals surface area contributed by atoms with Gasteiger partial charge >= 0.3 is 24.2 Å². The highest BCUT2D eigenvalue weighted by atomic mass is 19.4. The summed E-state index contributed by atoms with van der Waals surface area (Å²) in [5, 5.41) is 9.33. The van der Waals surface area contributed by atoms with E-state index in [1.54, 1.807) is 0 Å². The minimum atomic E-state index is -4.20. The third-order valence-electron chi connectivity index (χ3n) is 7.07. The molecule has 0 amide bonds. The summed E-state index contributed by atoms with van der Waals surface area (Å²) in [6, 6.07) is 8.36. The molecule has 1 aliphatic rings. The van der Waals surface area contributed by atoms with Crippen LogP contribution in [0.2, 0.25) is 0 Å². The number of hydrogen-bond donors (Lipinski definition) is 3. The zero-order valence-corrected chi connectivity index (χ0v) is 22.3. The number of ether oxygens (including phenoxy) is 2. The molecule has 7 nitrogen and oxygen atoms in total. The summed E-state index contributed by atoms with van der Waals surface area (Å²) >= 11 is 0. The topological polar surface area (TPSA) is 125 Å². The minimum Gasteiger partial charge on any atom is -0.478 e. The van der Waals surface area contributed by atoms with Crippen molar-refractivity contribution >= 4 is 29.4 Å². The maximum Gasteiger partial charge on any atom is 0.400 e. The summed E-state index contributed by atoms with van der Waals surface area (Å²) in [4.78, 5) is 23.5. The Balaban J connectivity index is 1.45. The number of aromatic carboxylic acids is 1. The van der Waals surface area contributed by atoms with Gasteiger partial charge in [0.15, 0.2) is 0 Å². The Kier molecular flexibility index (Phi) is 10.6. The monoisotopic (exact) mass is 584 g/mol. The fourth-order valence-corrected chi connectivity index (χ4v) is 4.92. The SMILES string of the molecule is Nc1cc(N)c(CCOC(=O)C=Cc2ccc(OC(F)(F)C3CCC(CCCC(F)(F)F)CC3)cc2)c(C(=O)O)c1. The van der Waals surface area contributed by atoms with Crippen LogP contribution in [-0.2, 0) is 16.0 Å². The number of carboxylic acid groups (broad SMARTS) is 1. The quantitative estimate of drug-likeness (QED) is 0.108.